The molecule has 1 fully saturated rings. The zero-order valence-corrected chi connectivity index (χ0v) is 11.8. The Morgan fingerprint density at radius 2 is 2.00 bits per heavy atom. The predicted molar refractivity (Wildman–Crippen MR) is 74.8 cm³/mol. The van der Waals surface area contributed by atoms with Gasteiger partial charge >= 0.3 is 0 Å². The summed E-state index contributed by atoms with van der Waals surface area (Å²) in [5, 5.41) is 9.36. The lowest BCUT2D eigenvalue weighted by molar-refractivity contribution is 0.281. The van der Waals surface area contributed by atoms with Gasteiger partial charge in [0, 0.05) is 18.8 Å². The summed E-state index contributed by atoms with van der Waals surface area (Å²) in [4.78, 5) is 6.98. The molecule has 1 atom stereocenters. The van der Waals surface area contributed by atoms with Crippen LogP contribution in [0.25, 0.3) is 0 Å². The van der Waals surface area contributed by atoms with Gasteiger partial charge in [-0.2, -0.15) is 0 Å². The highest BCUT2D eigenvalue weighted by atomic mass is 16.3. The van der Waals surface area contributed by atoms with Crippen molar-refractivity contribution in [2.45, 2.75) is 52.2 Å². The molecule has 1 aliphatic carbocycles. The first-order valence-electron chi connectivity index (χ1n) is 6.87. The maximum Gasteiger partial charge on any atom is 0.129 e. The first-order chi connectivity index (χ1) is 8.52. The second-order valence-corrected chi connectivity index (χ2v) is 5.76. The Hall–Kier alpha value is -1.09. The molecule has 0 spiro atoms. The molecule has 0 aliphatic heterocycles. The number of hydrogen-bond donors (Lipinski definition) is 1. The topological polar surface area (TPSA) is 36.4 Å². The zero-order chi connectivity index (χ0) is 13.3. The van der Waals surface area contributed by atoms with E-state index in [1.807, 2.05) is 12.1 Å². The van der Waals surface area contributed by atoms with E-state index < -0.39 is 0 Å². The summed E-state index contributed by atoms with van der Waals surface area (Å²) in [6, 6.07) is 4.54. The molecule has 0 aromatic carbocycles. The Balaban J connectivity index is 2.27. The van der Waals surface area contributed by atoms with Crippen molar-refractivity contribution in [3.05, 3.63) is 23.4 Å². The average Bonchev–Trinajstić information content (AvgIpc) is 3.20. The molecule has 1 aliphatic rings. The van der Waals surface area contributed by atoms with Crippen LogP contribution in [-0.2, 0) is 6.61 Å². The van der Waals surface area contributed by atoms with E-state index in [2.05, 4.69) is 32.7 Å². The van der Waals surface area contributed by atoms with E-state index in [0.29, 0.717) is 12.0 Å². The van der Waals surface area contributed by atoms with Crippen LogP contribution >= 0.6 is 0 Å². The van der Waals surface area contributed by atoms with E-state index >= 15 is 0 Å². The van der Waals surface area contributed by atoms with Crippen LogP contribution in [0.2, 0.25) is 0 Å². The van der Waals surface area contributed by atoms with E-state index in [1.54, 1.807) is 0 Å². The molecule has 0 amide bonds. The van der Waals surface area contributed by atoms with Crippen molar-refractivity contribution in [1.82, 2.24) is 4.98 Å². The van der Waals surface area contributed by atoms with Gasteiger partial charge in [0.2, 0.25) is 0 Å². The lowest BCUT2D eigenvalue weighted by atomic mass is 10.1. The summed E-state index contributed by atoms with van der Waals surface area (Å²) in [5.41, 5.74) is 2.02. The third kappa shape index (κ3) is 2.83. The number of anilines is 1. The molecule has 18 heavy (non-hydrogen) atoms. The summed E-state index contributed by atoms with van der Waals surface area (Å²) in [6.07, 6.45) is 2.67. The van der Waals surface area contributed by atoms with Crippen LogP contribution in [0.5, 0.6) is 0 Å². The van der Waals surface area contributed by atoms with E-state index in [-0.39, 0.29) is 6.61 Å². The van der Waals surface area contributed by atoms with Crippen LogP contribution in [0.3, 0.4) is 0 Å². The number of hydrogen-bond acceptors (Lipinski definition) is 3. The van der Waals surface area contributed by atoms with E-state index in [1.165, 1.54) is 12.8 Å². The van der Waals surface area contributed by atoms with Gasteiger partial charge in [0.25, 0.3) is 0 Å². The number of rotatable bonds is 5. The Labute approximate surface area is 110 Å². The zero-order valence-electron chi connectivity index (χ0n) is 11.8. The summed E-state index contributed by atoms with van der Waals surface area (Å²) in [6.45, 7) is 6.62. The number of aliphatic hydroxyl groups excluding tert-OH is 1. The summed E-state index contributed by atoms with van der Waals surface area (Å²) in [5.74, 6) is 2.20. The van der Waals surface area contributed by atoms with Crippen LogP contribution < -0.4 is 4.90 Å². The summed E-state index contributed by atoms with van der Waals surface area (Å²) in [7, 11) is 2.11. The number of nitrogens with zero attached hydrogens (tertiary/aromatic N) is 2. The molecule has 1 aromatic rings. The molecule has 3 heteroatoms. The predicted octanol–water partition coefficient (Wildman–Crippen LogP) is 2.93. The van der Waals surface area contributed by atoms with Crippen molar-refractivity contribution in [3.8, 4) is 0 Å². The van der Waals surface area contributed by atoms with Gasteiger partial charge in [-0.05, 0) is 49.3 Å². The van der Waals surface area contributed by atoms with E-state index in [4.69, 9.17) is 4.98 Å². The van der Waals surface area contributed by atoms with Crippen molar-refractivity contribution in [1.29, 1.82) is 0 Å². The fourth-order valence-electron chi connectivity index (χ4n) is 2.27. The molecule has 0 saturated heterocycles. The Kier molecular flexibility index (Phi) is 3.91. The van der Waals surface area contributed by atoms with Gasteiger partial charge in [0.1, 0.15) is 5.82 Å². The lowest BCUT2D eigenvalue weighted by Crippen LogP contribution is -2.31. The molecule has 3 nitrogen and oxygen atoms in total. The molecule has 100 valence electrons. The average molecular weight is 248 g/mol. The van der Waals surface area contributed by atoms with Gasteiger partial charge in [-0.25, -0.2) is 4.98 Å². The van der Waals surface area contributed by atoms with Crippen LogP contribution in [0.4, 0.5) is 5.82 Å². The van der Waals surface area contributed by atoms with E-state index in [9.17, 15) is 5.11 Å². The lowest BCUT2D eigenvalue weighted by Gasteiger charge is -2.27. The Morgan fingerprint density at radius 1 is 1.33 bits per heavy atom. The van der Waals surface area contributed by atoms with Gasteiger partial charge in [-0.15, -0.1) is 0 Å². The Morgan fingerprint density at radius 3 is 2.50 bits per heavy atom. The summed E-state index contributed by atoms with van der Waals surface area (Å²) < 4.78 is 0. The quantitative estimate of drug-likeness (QED) is 0.870. The van der Waals surface area contributed by atoms with Gasteiger partial charge in [-0.1, -0.05) is 13.8 Å². The molecule has 1 N–H and O–H groups in total. The fraction of sp³-hybridized carbons (Fsp3) is 0.667. The van der Waals surface area contributed by atoms with Crippen LogP contribution in [0.1, 0.15) is 50.8 Å². The SMILES string of the molecule is CC(C)c1cc(CO)cc(N(C)C(C)C2CC2)n1. The number of aliphatic hydroxyl groups is 1. The minimum absolute atomic E-state index is 0.0842. The monoisotopic (exact) mass is 248 g/mol. The largest absolute Gasteiger partial charge is 0.392 e. The van der Waals surface area contributed by atoms with Gasteiger partial charge in [0.05, 0.1) is 6.61 Å². The highest BCUT2D eigenvalue weighted by Crippen LogP contribution is 2.36. The molecule has 1 aromatic heterocycles. The third-order valence-electron chi connectivity index (χ3n) is 3.94. The molecule has 1 saturated carbocycles. The first-order valence-corrected chi connectivity index (χ1v) is 6.87. The van der Waals surface area contributed by atoms with Crippen LogP contribution in [0, 0.1) is 5.92 Å². The first kappa shape index (κ1) is 13.3. The normalized spacial score (nSPS) is 17.0. The second-order valence-electron chi connectivity index (χ2n) is 5.76. The second kappa shape index (κ2) is 5.27. The van der Waals surface area contributed by atoms with Crippen LogP contribution in [-0.4, -0.2) is 23.2 Å². The molecule has 1 heterocycles. The van der Waals surface area contributed by atoms with Gasteiger partial charge in [-0.3, -0.25) is 0 Å². The van der Waals surface area contributed by atoms with E-state index in [0.717, 1.165) is 23.0 Å². The molecule has 0 bridgehead atoms. The standard InChI is InChI=1S/C15H24N2O/c1-10(2)14-7-12(9-18)8-15(16-14)17(4)11(3)13-5-6-13/h7-8,10-11,13,18H,5-6,9H2,1-4H3. The van der Waals surface area contributed by atoms with Crippen molar-refractivity contribution < 1.29 is 5.11 Å². The minimum atomic E-state index is 0.0842. The fourth-order valence-corrected chi connectivity index (χ4v) is 2.27. The van der Waals surface area contributed by atoms with Crippen molar-refractivity contribution >= 4 is 5.82 Å². The molecular weight excluding hydrogens is 224 g/mol. The van der Waals surface area contributed by atoms with Crippen molar-refractivity contribution in [2.24, 2.45) is 5.92 Å². The van der Waals surface area contributed by atoms with Crippen LogP contribution in [0.15, 0.2) is 12.1 Å². The highest BCUT2D eigenvalue weighted by Gasteiger charge is 2.31. The van der Waals surface area contributed by atoms with Crippen molar-refractivity contribution in [3.63, 3.8) is 0 Å². The maximum atomic E-state index is 9.36. The van der Waals surface area contributed by atoms with Crippen molar-refractivity contribution in [2.75, 3.05) is 11.9 Å². The molecule has 1 unspecified atom stereocenters. The number of aromatic nitrogens is 1. The summed E-state index contributed by atoms with van der Waals surface area (Å²) >= 11 is 0. The minimum Gasteiger partial charge on any atom is -0.392 e. The smallest absolute Gasteiger partial charge is 0.129 e. The highest BCUT2D eigenvalue weighted by molar-refractivity contribution is 5.43. The molecule has 0 radical (unpaired) electrons. The van der Waals surface area contributed by atoms with Gasteiger partial charge in [0.15, 0.2) is 0 Å². The third-order valence-corrected chi connectivity index (χ3v) is 3.94. The van der Waals surface area contributed by atoms with Gasteiger partial charge < -0.3 is 10.0 Å². The molecule has 2 rings (SSSR count). The number of pyridine rings is 1. The Bertz CT molecular complexity index is 413. The molecular formula is C15H24N2O. The maximum absolute atomic E-state index is 9.36.